The maximum atomic E-state index is 12.4. The molecule has 0 aliphatic heterocycles. The van der Waals surface area contributed by atoms with Crippen LogP contribution in [0.4, 0.5) is 11.5 Å². The summed E-state index contributed by atoms with van der Waals surface area (Å²) in [5.74, 6) is 0.181. The van der Waals surface area contributed by atoms with Gasteiger partial charge in [0.2, 0.25) is 5.28 Å². The first kappa shape index (κ1) is 16.7. The summed E-state index contributed by atoms with van der Waals surface area (Å²) in [6.45, 7) is 3.73. The summed E-state index contributed by atoms with van der Waals surface area (Å²) in [7, 11) is -1.19. The highest BCUT2D eigenvalue weighted by Crippen LogP contribution is 2.28. The number of rotatable bonds is 4. The molecule has 0 saturated heterocycles. The number of nitrogens with zero attached hydrogens (tertiary/aromatic N) is 3. The van der Waals surface area contributed by atoms with Crippen LogP contribution < -0.4 is 5.32 Å². The summed E-state index contributed by atoms with van der Waals surface area (Å²) < 4.78 is 12.4. The van der Waals surface area contributed by atoms with Crippen LogP contribution >= 0.6 is 23.2 Å². The van der Waals surface area contributed by atoms with E-state index >= 15 is 0 Å². The highest BCUT2D eigenvalue weighted by Gasteiger charge is 2.17. The highest BCUT2D eigenvalue weighted by atomic mass is 35.5. The number of hydrogen-bond donors (Lipinski definition) is 1. The predicted molar refractivity (Wildman–Crippen MR) is 88.0 cm³/mol. The molecule has 2 rings (SSSR count). The maximum Gasteiger partial charge on any atom is 0.225 e. The molecule has 0 aliphatic rings. The van der Waals surface area contributed by atoms with Crippen molar-refractivity contribution < 1.29 is 4.21 Å². The number of benzene rings is 1. The molecule has 1 atom stereocenters. The molecule has 1 unspecified atom stereocenters. The summed E-state index contributed by atoms with van der Waals surface area (Å²) >= 11 is 11.7. The lowest BCUT2D eigenvalue weighted by Gasteiger charge is -2.14. The Bertz CT molecular complexity index is 774. The normalized spacial score (nSPS) is 12.0. The van der Waals surface area contributed by atoms with Crippen molar-refractivity contribution in [2.24, 2.45) is 0 Å². The number of para-hydroxylation sites is 1. The second-order valence-corrected chi connectivity index (χ2v) is 7.26. The molecule has 1 N–H and O–H groups in total. The van der Waals surface area contributed by atoms with Crippen molar-refractivity contribution in [2.75, 3.05) is 5.32 Å². The predicted octanol–water partition coefficient (Wildman–Crippen LogP) is 3.91. The van der Waals surface area contributed by atoms with Crippen LogP contribution in [-0.4, -0.2) is 19.4 Å². The maximum absolute atomic E-state index is 12.4. The van der Waals surface area contributed by atoms with E-state index in [0.717, 1.165) is 0 Å². The summed E-state index contributed by atoms with van der Waals surface area (Å²) in [6.07, 6.45) is 0. The van der Waals surface area contributed by atoms with Gasteiger partial charge in [-0.05, 0) is 23.7 Å². The van der Waals surface area contributed by atoms with E-state index in [0.29, 0.717) is 10.6 Å². The fourth-order valence-corrected chi connectivity index (χ4v) is 3.20. The first-order valence-electron chi connectivity index (χ1n) is 6.33. The highest BCUT2D eigenvalue weighted by molar-refractivity contribution is 7.85. The van der Waals surface area contributed by atoms with E-state index in [9.17, 15) is 9.47 Å². The van der Waals surface area contributed by atoms with Gasteiger partial charge < -0.3 is 5.32 Å². The topological polar surface area (TPSA) is 78.7 Å². The lowest BCUT2D eigenvalue weighted by Crippen LogP contribution is -2.09. The minimum Gasteiger partial charge on any atom is -0.338 e. The molecular weight excluding hydrogens is 343 g/mol. The lowest BCUT2D eigenvalue weighted by molar-refractivity contribution is 0.677. The third-order valence-corrected chi connectivity index (χ3v) is 4.82. The van der Waals surface area contributed by atoms with Crippen LogP contribution in [0.15, 0.2) is 29.2 Å². The van der Waals surface area contributed by atoms with E-state index in [1.165, 1.54) is 0 Å². The molecular formula is C14H12Cl2N4OS. The second-order valence-electron chi connectivity index (χ2n) is 4.59. The fraction of sp³-hybridized carbons (Fsp3) is 0.214. The molecule has 8 heteroatoms. The molecule has 1 heterocycles. The molecule has 1 aromatic heterocycles. The monoisotopic (exact) mass is 354 g/mol. The Balaban J connectivity index is 2.49. The molecule has 0 amide bonds. The average Bonchev–Trinajstić information content (AvgIpc) is 2.46. The van der Waals surface area contributed by atoms with E-state index in [4.69, 9.17) is 23.2 Å². The molecule has 5 nitrogen and oxygen atoms in total. The van der Waals surface area contributed by atoms with Crippen molar-refractivity contribution in [3.8, 4) is 6.07 Å². The van der Waals surface area contributed by atoms with E-state index in [1.54, 1.807) is 24.3 Å². The molecule has 0 bridgehead atoms. The molecule has 0 aliphatic carbocycles. The molecule has 1 aromatic carbocycles. The molecule has 114 valence electrons. The van der Waals surface area contributed by atoms with Crippen LogP contribution in [0.1, 0.15) is 19.4 Å². The molecule has 0 radical (unpaired) electrons. The number of aromatic nitrogens is 2. The summed E-state index contributed by atoms with van der Waals surface area (Å²) in [6, 6.07) is 9.03. The average molecular weight is 355 g/mol. The van der Waals surface area contributed by atoms with Gasteiger partial charge in [-0.15, -0.1) is 0 Å². The van der Waals surface area contributed by atoms with Crippen LogP contribution in [0.25, 0.3) is 0 Å². The Morgan fingerprint density at radius 2 is 1.95 bits per heavy atom. The van der Waals surface area contributed by atoms with Crippen molar-refractivity contribution in [1.82, 2.24) is 9.97 Å². The van der Waals surface area contributed by atoms with Crippen LogP contribution in [0.3, 0.4) is 0 Å². The Morgan fingerprint density at radius 1 is 1.27 bits per heavy atom. The molecule has 22 heavy (non-hydrogen) atoms. The Morgan fingerprint density at radius 3 is 2.59 bits per heavy atom. The number of halogens is 2. The standard InChI is InChI=1S/C14H12Cl2N4OS/c1-8(2)22(21)11-6-4-3-5-10(11)18-13-9(7-17)12(15)19-14(16)20-13/h3-6,8H,1-2H3,(H,18,19,20). The van der Waals surface area contributed by atoms with Gasteiger partial charge in [-0.3, -0.25) is 4.21 Å². The zero-order valence-corrected chi connectivity index (χ0v) is 14.1. The second kappa shape index (κ2) is 7.05. The Labute approximate surface area is 140 Å². The largest absolute Gasteiger partial charge is 0.338 e. The third-order valence-electron chi connectivity index (χ3n) is 2.73. The van der Waals surface area contributed by atoms with Gasteiger partial charge in [0.15, 0.2) is 11.0 Å². The van der Waals surface area contributed by atoms with Gasteiger partial charge in [0.1, 0.15) is 11.6 Å². The van der Waals surface area contributed by atoms with Gasteiger partial charge in [-0.2, -0.15) is 10.2 Å². The molecule has 0 saturated carbocycles. The lowest BCUT2D eigenvalue weighted by atomic mass is 10.3. The van der Waals surface area contributed by atoms with Crippen molar-refractivity contribution in [2.45, 2.75) is 24.0 Å². The summed E-state index contributed by atoms with van der Waals surface area (Å²) in [5.41, 5.74) is 0.660. The number of hydrogen-bond acceptors (Lipinski definition) is 5. The van der Waals surface area contributed by atoms with E-state index in [1.807, 2.05) is 19.9 Å². The van der Waals surface area contributed by atoms with Gasteiger partial charge in [0, 0.05) is 5.25 Å². The van der Waals surface area contributed by atoms with Crippen molar-refractivity contribution in [3.63, 3.8) is 0 Å². The minimum atomic E-state index is -1.19. The zero-order chi connectivity index (χ0) is 16.3. The van der Waals surface area contributed by atoms with E-state index < -0.39 is 10.8 Å². The van der Waals surface area contributed by atoms with Gasteiger partial charge in [-0.25, -0.2) is 4.98 Å². The van der Waals surface area contributed by atoms with Crippen LogP contribution in [0, 0.1) is 11.3 Å². The van der Waals surface area contributed by atoms with Crippen molar-refractivity contribution in [1.29, 1.82) is 5.26 Å². The third kappa shape index (κ3) is 3.55. The minimum absolute atomic E-state index is 0.0348. The molecule has 0 spiro atoms. The smallest absolute Gasteiger partial charge is 0.225 e. The SMILES string of the molecule is CC(C)S(=O)c1ccccc1Nc1nc(Cl)nc(Cl)c1C#N. The van der Waals surface area contributed by atoms with Crippen LogP contribution in [0.5, 0.6) is 0 Å². The van der Waals surface area contributed by atoms with Gasteiger partial charge in [0.25, 0.3) is 0 Å². The van der Waals surface area contributed by atoms with Crippen molar-refractivity contribution >= 4 is 45.5 Å². The van der Waals surface area contributed by atoms with Gasteiger partial charge in [0.05, 0.1) is 21.4 Å². The number of nitriles is 1. The van der Waals surface area contributed by atoms with Crippen LogP contribution in [0.2, 0.25) is 10.4 Å². The summed E-state index contributed by atoms with van der Waals surface area (Å²) in [5, 5.41) is 12.0. The van der Waals surface area contributed by atoms with Gasteiger partial charge in [-0.1, -0.05) is 37.6 Å². The number of nitrogens with one attached hydrogen (secondary N) is 1. The zero-order valence-electron chi connectivity index (χ0n) is 11.8. The Hall–Kier alpha value is -1.68. The summed E-state index contributed by atoms with van der Waals surface area (Å²) in [4.78, 5) is 8.33. The fourth-order valence-electron chi connectivity index (χ4n) is 1.72. The first-order valence-corrected chi connectivity index (χ1v) is 8.30. The van der Waals surface area contributed by atoms with E-state index in [-0.39, 0.29) is 27.1 Å². The molecule has 2 aromatic rings. The van der Waals surface area contributed by atoms with Crippen molar-refractivity contribution in [3.05, 3.63) is 40.3 Å². The number of anilines is 2. The molecule has 0 fully saturated rings. The van der Waals surface area contributed by atoms with Gasteiger partial charge >= 0.3 is 0 Å². The van der Waals surface area contributed by atoms with Crippen LogP contribution in [-0.2, 0) is 10.8 Å². The Kier molecular flexibility index (Phi) is 5.35. The van der Waals surface area contributed by atoms with E-state index in [2.05, 4.69) is 15.3 Å². The quantitative estimate of drug-likeness (QED) is 0.664. The first-order chi connectivity index (χ1) is 10.4.